The van der Waals surface area contributed by atoms with Gasteiger partial charge in [-0.25, -0.2) is 0 Å². The summed E-state index contributed by atoms with van der Waals surface area (Å²) in [4.78, 5) is 11.0. The summed E-state index contributed by atoms with van der Waals surface area (Å²) in [7, 11) is 0. The Kier molecular flexibility index (Phi) is 5.60. The monoisotopic (exact) mass is 327 g/mol. The number of rotatable bonds is 6. The minimum atomic E-state index is -0.353. The molecule has 0 fully saturated rings. The number of nitro groups is 1. The van der Waals surface area contributed by atoms with Gasteiger partial charge in [0, 0.05) is 6.07 Å². The molecule has 0 amide bonds. The van der Waals surface area contributed by atoms with Crippen LogP contribution >= 0.6 is 0 Å². The summed E-state index contributed by atoms with van der Waals surface area (Å²) < 4.78 is 0. The molecule has 128 valence electrons. The third-order valence-electron chi connectivity index (χ3n) is 4.87. The Morgan fingerprint density at radius 3 is 2.00 bits per heavy atom. The summed E-state index contributed by atoms with van der Waals surface area (Å²) >= 11 is 0. The van der Waals surface area contributed by atoms with Gasteiger partial charge in [-0.1, -0.05) is 39.8 Å². The van der Waals surface area contributed by atoms with Gasteiger partial charge in [-0.15, -0.1) is 0 Å². The largest absolute Gasteiger partial charge is 0.507 e. The van der Waals surface area contributed by atoms with Crippen LogP contribution in [-0.4, -0.2) is 10.0 Å². The van der Waals surface area contributed by atoms with E-state index in [1.165, 1.54) is 6.07 Å². The van der Waals surface area contributed by atoms with Crippen molar-refractivity contribution in [1.82, 2.24) is 0 Å². The van der Waals surface area contributed by atoms with Crippen molar-refractivity contribution >= 4 is 5.69 Å². The van der Waals surface area contributed by atoms with Gasteiger partial charge in [-0.2, -0.15) is 0 Å². The van der Waals surface area contributed by atoms with Crippen molar-refractivity contribution in [3.05, 3.63) is 57.6 Å². The fraction of sp³-hybridized carbons (Fsp3) is 0.400. The van der Waals surface area contributed by atoms with Gasteiger partial charge < -0.3 is 5.11 Å². The minimum Gasteiger partial charge on any atom is -0.507 e. The average molecular weight is 327 g/mol. The minimum absolute atomic E-state index is 0.0911. The third kappa shape index (κ3) is 3.42. The van der Waals surface area contributed by atoms with E-state index in [9.17, 15) is 15.2 Å². The molecule has 0 saturated carbocycles. The van der Waals surface area contributed by atoms with Gasteiger partial charge in [0.05, 0.1) is 10.5 Å². The number of hydrogen-bond acceptors (Lipinski definition) is 3. The van der Waals surface area contributed by atoms with Crippen LogP contribution in [0.1, 0.15) is 63.5 Å². The number of benzene rings is 2. The molecule has 0 aromatic heterocycles. The fourth-order valence-corrected chi connectivity index (χ4v) is 2.90. The van der Waals surface area contributed by atoms with Gasteiger partial charge in [-0.05, 0) is 59.6 Å². The second-order valence-electron chi connectivity index (χ2n) is 6.40. The third-order valence-corrected chi connectivity index (χ3v) is 4.87. The van der Waals surface area contributed by atoms with Crippen LogP contribution < -0.4 is 0 Å². The Balaban J connectivity index is 2.73. The highest BCUT2D eigenvalue weighted by Gasteiger charge is 2.21. The molecule has 2 aromatic carbocycles. The number of hydrogen-bond donors (Lipinski definition) is 1. The van der Waals surface area contributed by atoms with Crippen LogP contribution in [-0.2, 0) is 0 Å². The van der Waals surface area contributed by atoms with Crippen LogP contribution in [0.15, 0.2) is 36.4 Å². The highest BCUT2D eigenvalue weighted by atomic mass is 16.6. The molecule has 0 saturated heterocycles. The Labute approximate surface area is 143 Å². The maximum Gasteiger partial charge on any atom is 0.277 e. The summed E-state index contributed by atoms with van der Waals surface area (Å²) in [6.45, 7) is 8.28. The molecule has 2 unspecified atom stereocenters. The molecule has 2 rings (SSSR count). The molecule has 4 nitrogen and oxygen atoms in total. The van der Waals surface area contributed by atoms with E-state index in [4.69, 9.17) is 0 Å². The number of phenolic OH excluding ortho intramolecular Hbond substituents is 1. The van der Waals surface area contributed by atoms with Crippen LogP contribution in [0.4, 0.5) is 5.69 Å². The maximum absolute atomic E-state index is 11.4. The van der Waals surface area contributed by atoms with Gasteiger partial charge >= 0.3 is 0 Å². The first-order valence-electron chi connectivity index (χ1n) is 8.51. The first kappa shape index (κ1) is 18.0. The van der Waals surface area contributed by atoms with E-state index >= 15 is 0 Å². The van der Waals surface area contributed by atoms with Crippen LogP contribution in [0, 0.1) is 10.1 Å². The number of phenols is 1. The summed E-state index contributed by atoms with van der Waals surface area (Å²) in [5.41, 5.74) is 3.21. The molecule has 2 aromatic rings. The van der Waals surface area contributed by atoms with E-state index in [0.717, 1.165) is 29.5 Å². The first-order chi connectivity index (χ1) is 11.4. The van der Waals surface area contributed by atoms with Gasteiger partial charge in [0.1, 0.15) is 5.75 Å². The second kappa shape index (κ2) is 7.47. The molecule has 0 bridgehead atoms. The molecule has 0 spiro atoms. The van der Waals surface area contributed by atoms with Crippen molar-refractivity contribution in [3.8, 4) is 16.9 Å². The van der Waals surface area contributed by atoms with Crippen LogP contribution in [0.3, 0.4) is 0 Å². The molecule has 1 N–H and O–H groups in total. The lowest BCUT2D eigenvalue weighted by molar-refractivity contribution is -0.384. The number of nitro benzene ring substituents is 1. The van der Waals surface area contributed by atoms with Crippen LogP contribution in [0.25, 0.3) is 11.1 Å². The predicted octanol–water partition coefficient (Wildman–Crippen LogP) is 5.99. The van der Waals surface area contributed by atoms with Gasteiger partial charge in [0.15, 0.2) is 0 Å². The Morgan fingerprint density at radius 2 is 1.54 bits per heavy atom. The van der Waals surface area contributed by atoms with E-state index in [1.807, 2.05) is 12.1 Å². The molecular weight excluding hydrogens is 302 g/mol. The number of aromatic hydroxyl groups is 1. The highest BCUT2D eigenvalue weighted by molar-refractivity contribution is 5.76. The molecule has 0 aliphatic heterocycles. The Bertz CT molecular complexity index is 708. The van der Waals surface area contributed by atoms with E-state index < -0.39 is 0 Å². The average Bonchev–Trinajstić information content (AvgIpc) is 2.60. The Hall–Kier alpha value is -2.36. The molecule has 2 atom stereocenters. The maximum atomic E-state index is 11.4. The molecule has 4 heteroatoms. The summed E-state index contributed by atoms with van der Waals surface area (Å²) in [5.74, 6) is 0.715. The molecule has 0 radical (unpaired) electrons. The lowest BCUT2D eigenvalue weighted by atomic mass is 9.86. The quantitative estimate of drug-likeness (QED) is 0.523. The lowest BCUT2D eigenvalue weighted by Gasteiger charge is -2.20. The zero-order valence-electron chi connectivity index (χ0n) is 14.7. The zero-order valence-corrected chi connectivity index (χ0v) is 14.7. The van der Waals surface area contributed by atoms with Crippen molar-refractivity contribution < 1.29 is 10.0 Å². The van der Waals surface area contributed by atoms with E-state index in [1.54, 1.807) is 18.2 Å². The van der Waals surface area contributed by atoms with E-state index in [2.05, 4.69) is 27.7 Å². The summed E-state index contributed by atoms with van der Waals surface area (Å²) in [5, 5.41) is 22.1. The fourth-order valence-electron chi connectivity index (χ4n) is 2.90. The van der Waals surface area contributed by atoms with Gasteiger partial charge in [-0.3, -0.25) is 10.1 Å². The zero-order chi connectivity index (χ0) is 17.9. The standard InChI is InChI=1S/C20H25NO3/c1-5-13(3)17-11-15(12-18(20(17)22)14(4)6-2)16-9-7-8-10-19(16)21(23)24/h7-14,22H,5-6H2,1-4H3. The van der Waals surface area contributed by atoms with Crippen molar-refractivity contribution in [2.45, 2.75) is 52.4 Å². The molecule has 0 aliphatic rings. The van der Waals surface area contributed by atoms with Gasteiger partial charge in [0.25, 0.3) is 5.69 Å². The highest BCUT2D eigenvalue weighted by Crippen LogP contribution is 2.41. The topological polar surface area (TPSA) is 63.4 Å². The van der Waals surface area contributed by atoms with Gasteiger partial charge in [0.2, 0.25) is 0 Å². The van der Waals surface area contributed by atoms with Crippen LogP contribution in [0.2, 0.25) is 0 Å². The molecule has 0 heterocycles. The summed E-state index contributed by atoms with van der Waals surface area (Å²) in [6.07, 6.45) is 1.79. The predicted molar refractivity (Wildman–Crippen MR) is 97.6 cm³/mol. The second-order valence-corrected chi connectivity index (χ2v) is 6.40. The van der Waals surface area contributed by atoms with E-state index in [-0.39, 0.29) is 22.4 Å². The first-order valence-corrected chi connectivity index (χ1v) is 8.51. The number of nitrogens with zero attached hydrogens (tertiary/aromatic N) is 1. The molecule has 24 heavy (non-hydrogen) atoms. The van der Waals surface area contributed by atoms with Crippen molar-refractivity contribution in [1.29, 1.82) is 0 Å². The van der Waals surface area contributed by atoms with Crippen molar-refractivity contribution in [2.24, 2.45) is 0 Å². The normalized spacial score (nSPS) is 13.5. The van der Waals surface area contributed by atoms with Crippen molar-refractivity contribution in [2.75, 3.05) is 0 Å². The molecular formula is C20H25NO3. The number of para-hydroxylation sites is 1. The Morgan fingerprint density at radius 1 is 1.04 bits per heavy atom. The van der Waals surface area contributed by atoms with Crippen molar-refractivity contribution in [3.63, 3.8) is 0 Å². The SMILES string of the molecule is CCC(C)c1cc(-c2ccccc2[N+](=O)[O-])cc(C(C)CC)c1O. The van der Waals surface area contributed by atoms with Crippen LogP contribution in [0.5, 0.6) is 5.75 Å². The molecule has 0 aliphatic carbocycles. The lowest BCUT2D eigenvalue weighted by Crippen LogP contribution is -2.01. The smallest absolute Gasteiger partial charge is 0.277 e. The van der Waals surface area contributed by atoms with E-state index in [0.29, 0.717) is 11.3 Å². The summed E-state index contributed by atoms with van der Waals surface area (Å²) in [6, 6.07) is 10.6.